The van der Waals surface area contributed by atoms with Gasteiger partial charge in [-0.25, -0.2) is 4.79 Å². The minimum Gasteiger partial charge on any atom is -0.444 e. The lowest BCUT2D eigenvalue weighted by Gasteiger charge is -2.23. The largest absolute Gasteiger partial charge is 0.444 e. The highest BCUT2D eigenvalue weighted by molar-refractivity contribution is 5.68. The summed E-state index contributed by atoms with van der Waals surface area (Å²) in [5.74, 6) is 0. The van der Waals surface area contributed by atoms with Crippen LogP contribution in [0, 0.1) is 0 Å². The molecule has 1 heterocycles. The first-order chi connectivity index (χ1) is 7.28. The first kappa shape index (κ1) is 13.3. The molecule has 0 radical (unpaired) electrons. The van der Waals surface area contributed by atoms with Crippen LogP contribution in [0.3, 0.4) is 0 Å². The van der Waals surface area contributed by atoms with Gasteiger partial charge in [0.25, 0.3) is 0 Å². The van der Waals surface area contributed by atoms with Gasteiger partial charge in [-0.3, -0.25) is 4.90 Å². The summed E-state index contributed by atoms with van der Waals surface area (Å²) in [6, 6.07) is 0.780. The van der Waals surface area contributed by atoms with E-state index in [1.807, 2.05) is 20.8 Å². The third-order valence-corrected chi connectivity index (χ3v) is 2.67. The summed E-state index contributed by atoms with van der Waals surface area (Å²) in [4.78, 5) is 13.9. The Morgan fingerprint density at radius 3 is 2.50 bits per heavy atom. The molecule has 1 rings (SSSR count). The molecule has 1 N–H and O–H groups in total. The molecule has 1 amide bonds. The van der Waals surface area contributed by atoms with Gasteiger partial charge in [-0.1, -0.05) is 0 Å². The van der Waals surface area contributed by atoms with Gasteiger partial charge in [-0.2, -0.15) is 0 Å². The van der Waals surface area contributed by atoms with Crippen LogP contribution >= 0.6 is 0 Å². The molecular formula is C12H24N2O2. The standard InChI is InChI=1S/C12H24N2O2/c1-9(2)14-7-6-10(8-14)13-11(15)16-12(3,4)5/h9-10H,6-8H2,1-5H3,(H,13,15)/t10-/m1/s1. The Labute approximate surface area is 98.3 Å². The van der Waals surface area contributed by atoms with E-state index in [-0.39, 0.29) is 12.1 Å². The van der Waals surface area contributed by atoms with Crippen molar-refractivity contribution in [3.63, 3.8) is 0 Å². The Kier molecular flexibility index (Phi) is 4.19. The molecule has 4 nitrogen and oxygen atoms in total. The zero-order valence-corrected chi connectivity index (χ0v) is 11.0. The topological polar surface area (TPSA) is 41.6 Å². The van der Waals surface area contributed by atoms with Crippen molar-refractivity contribution in [2.24, 2.45) is 0 Å². The fourth-order valence-corrected chi connectivity index (χ4v) is 1.85. The van der Waals surface area contributed by atoms with Crippen LogP contribution in [0.25, 0.3) is 0 Å². The Morgan fingerprint density at radius 2 is 2.06 bits per heavy atom. The molecule has 0 aliphatic carbocycles. The lowest BCUT2D eigenvalue weighted by molar-refractivity contribution is 0.0505. The van der Waals surface area contributed by atoms with Gasteiger partial charge in [0.1, 0.15) is 5.60 Å². The zero-order valence-electron chi connectivity index (χ0n) is 11.0. The first-order valence-corrected chi connectivity index (χ1v) is 6.01. The quantitative estimate of drug-likeness (QED) is 0.786. The van der Waals surface area contributed by atoms with Crippen LogP contribution in [-0.2, 0) is 4.74 Å². The smallest absolute Gasteiger partial charge is 0.407 e. The fraction of sp³-hybridized carbons (Fsp3) is 0.917. The lowest BCUT2D eigenvalue weighted by atomic mass is 10.2. The number of hydrogen-bond acceptors (Lipinski definition) is 3. The summed E-state index contributed by atoms with van der Waals surface area (Å²) in [5, 5.41) is 2.92. The van der Waals surface area contributed by atoms with Crippen molar-refractivity contribution in [3.8, 4) is 0 Å². The van der Waals surface area contributed by atoms with Gasteiger partial charge in [0.2, 0.25) is 0 Å². The lowest BCUT2D eigenvalue weighted by Crippen LogP contribution is -2.41. The van der Waals surface area contributed by atoms with Gasteiger partial charge in [-0.15, -0.1) is 0 Å². The van der Waals surface area contributed by atoms with E-state index >= 15 is 0 Å². The molecule has 1 fully saturated rings. The summed E-state index contributed by atoms with van der Waals surface area (Å²) in [6.07, 6.45) is 0.709. The van der Waals surface area contributed by atoms with Gasteiger partial charge in [-0.05, 0) is 41.0 Å². The fourth-order valence-electron chi connectivity index (χ4n) is 1.85. The molecule has 0 aromatic carbocycles. The van der Waals surface area contributed by atoms with Crippen LogP contribution in [0.1, 0.15) is 41.0 Å². The van der Waals surface area contributed by atoms with Crippen molar-refractivity contribution in [2.45, 2.75) is 58.7 Å². The second kappa shape index (κ2) is 5.04. The Morgan fingerprint density at radius 1 is 1.44 bits per heavy atom. The summed E-state index contributed by atoms with van der Waals surface area (Å²) >= 11 is 0. The van der Waals surface area contributed by atoms with Crippen molar-refractivity contribution in [1.29, 1.82) is 0 Å². The number of rotatable bonds is 2. The van der Waals surface area contributed by atoms with E-state index in [1.165, 1.54) is 0 Å². The van der Waals surface area contributed by atoms with Crippen molar-refractivity contribution in [2.75, 3.05) is 13.1 Å². The van der Waals surface area contributed by atoms with Gasteiger partial charge in [0.15, 0.2) is 0 Å². The molecule has 0 aromatic rings. The Balaban J connectivity index is 2.32. The molecule has 0 unspecified atom stereocenters. The molecule has 4 heteroatoms. The number of ether oxygens (including phenoxy) is 1. The Hall–Kier alpha value is -0.770. The number of alkyl carbamates (subject to hydrolysis) is 1. The van der Waals surface area contributed by atoms with Gasteiger partial charge in [0, 0.05) is 25.2 Å². The maximum atomic E-state index is 11.5. The predicted octanol–water partition coefficient (Wildman–Crippen LogP) is 1.99. The summed E-state index contributed by atoms with van der Waals surface area (Å²) < 4.78 is 5.23. The number of likely N-dealkylation sites (tertiary alicyclic amines) is 1. The molecule has 16 heavy (non-hydrogen) atoms. The SMILES string of the molecule is CC(C)N1CC[C@@H](NC(=O)OC(C)(C)C)C1. The van der Waals surface area contributed by atoms with Crippen molar-refractivity contribution in [1.82, 2.24) is 10.2 Å². The van der Waals surface area contributed by atoms with Crippen molar-refractivity contribution in [3.05, 3.63) is 0 Å². The number of nitrogens with zero attached hydrogens (tertiary/aromatic N) is 1. The number of nitrogens with one attached hydrogen (secondary N) is 1. The third kappa shape index (κ3) is 4.39. The van der Waals surface area contributed by atoms with Crippen molar-refractivity contribution >= 4 is 6.09 Å². The molecule has 1 atom stereocenters. The van der Waals surface area contributed by atoms with E-state index < -0.39 is 5.60 Å². The van der Waals surface area contributed by atoms with Crippen LogP contribution in [0.15, 0.2) is 0 Å². The maximum absolute atomic E-state index is 11.5. The minimum atomic E-state index is -0.416. The van der Waals surface area contributed by atoms with Gasteiger partial charge >= 0.3 is 6.09 Å². The average molecular weight is 228 g/mol. The monoisotopic (exact) mass is 228 g/mol. The van der Waals surface area contributed by atoms with Crippen molar-refractivity contribution < 1.29 is 9.53 Å². The first-order valence-electron chi connectivity index (χ1n) is 6.01. The molecule has 1 saturated heterocycles. The highest BCUT2D eigenvalue weighted by Crippen LogP contribution is 2.13. The van der Waals surface area contributed by atoms with E-state index in [0.717, 1.165) is 19.5 Å². The third-order valence-electron chi connectivity index (χ3n) is 2.67. The summed E-state index contributed by atoms with van der Waals surface area (Å²) in [5.41, 5.74) is -0.416. The van der Waals surface area contributed by atoms with Crippen LogP contribution in [0.5, 0.6) is 0 Å². The van der Waals surface area contributed by atoms with Crippen LogP contribution in [0.4, 0.5) is 4.79 Å². The molecular weight excluding hydrogens is 204 g/mol. The molecule has 94 valence electrons. The van der Waals surface area contributed by atoms with E-state index in [4.69, 9.17) is 4.74 Å². The second-order valence-electron chi connectivity index (χ2n) is 5.72. The number of hydrogen-bond donors (Lipinski definition) is 1. The predicted molar refractivity (Wildman–Crippen MR) is 64.5 cm³/mol. The molecule has 0 aromatic heterocycles. The second-order valence-corrected chi connectivity index (χ2v) is 5.72. The molecule has 0 spiro atoms. The Bertz CT molecular complexity index is 246. The van der Waals surface area contributed by atoms with Crippen LogP contribution < -0.4 is 5.32 Å². The number of carbonyl (C=O) groups is 1. The highest BCUT2D eigenvalue weighted by atomic mass is 16.6. The van der Waals surface area contributed by atoms with E-state index in [0.29, 0.717) is 6.04 Å². The summed E-state index contributed by atoms with van der Waals surface area (Å²) in [6.45, 7) is 12.0. The van der Waals surface area contributed by atoms with E-state index in [1.54, 1.807) is 0 Å². The highest BCUT2D eigenvalue weighted by Gasteiger charge is 2.26. The minimum absolute atomic E-state index is 0.234. The maximum Gasteiger partial charge on any atom is 0.407 e. The molecule has 0 saturated carbocycles. The van der Waals surface area contributed by atoms with Crippen LogP contribution in [0.2, 0.25) is 0 Å². The van der Waals surface area contributed by atoms with E-state index in [2.05, 4.69) is 24.1 Å². The molecule has 0 bridgehead atoms. The molecule has 1 aliphatic rings. The van der Waals surface area contributed by atoms with Gasteiger partial charge in [0.05, 0.1) is 0 Å². The van der Waals surface area contributed by atoms with Crippen LogP contribution in [-0.4, -0.2) is 41.8 Å². The summed E-state index contributed by atoms with van der Waals surface area (Å²) in [7, 11) is 0. The number of carbonyl (C=O) groups excluding carboxylic acids is 1. The average Bonchev–Trinajstić information content (AvgIpc) is 2.48. The zero-order chi connectivity index (χ0) is 12.3. The normalized spacial score (nSPS) is 22.5. The van der Waals surface area contributed by atoms with E-state index in [9.17, 15) is 4.79 Å². The van der Waals surface area contributed by atoms with Gasteiger partial charge < -0.3 is 10.1 Å². The molecule has 1 aliphatic heterocycles. The number of amides is 1.